The summed E-state index contributed by atoms with van der Waals surface area (Å²) in [6, 6.07) is 16.4. The third-order valence-corrected chi connectivity index (χ3v) is 6.55. The van der Waals surface area contributed by atoms with Crippen molar-refractivity contribution >= 4 is 34.1 Å². The zero-order valence-electron chi connectivity index (χ0n) is 15.2. The molecular formula is C21H22O5Te. The van der Waals surface area contributed by atoms with Crippen LogP contribution >= 0.6 is 0 Å². The average molecular weight is 482 g/mol. The van der Waals surface area contributed by atoms with Crippen molar-refractivity contribution in [2.75, 3.05) is 26.4 Å². The molecule has 0 spiro atoms. The molecule has 1 saturated heterocycles. The van der Waals surface area contributed by atoms with Crippen molar-refractivity contribution in [3.05, 3.63) is 60.7 Å². The second kappa shape index (κ2) is 9.80. The van der Waals surface area contributed by atoms with Gasteiger partial charge in [-0.2, -0.15) is 0 Å². The third kappa shape index (κ3) is 6.91. The fraction of sp³-hybridized carbons (Fsp3) is 0.286. The van der Waals surface area contributed by atoms with Gasteiger partial charge in [-0.1, -0.05) is 0 Å². The van der Waals surface area contributed by atoms with Crippen LogP contribution in [-0.4, -0.2) is 59.4 Å². The molecule has 1 heterocycles. The van der Waals surface area contributed by atoms with E-state index >= 15 is 0 Å². The van der Waals surface area contributed by atoms with Gasteiger partial charge in [0, 0.05) is 0 Å². The predicted molar refractivity (Wildman–Crippen MR) is 104 cm³/mol. The number of epoxide rings is 1. The van der Waals surface area contributed by atoms with E-state index in [9.17, 15) is 4.79 Å². The summed E-state index contributed by atoms with van der Waals surface area (Å²) in [6.45, 7) is 7.13. The number of rotatable bonds is 10. The van der Waals surface area contributed by atoms with E-state index in [1.165, 1.54) is 7.22 Å². The summed E-state index contributed by atoms with van der Waals surface area (Å²) in [5.41, 5.74) is 0.389. The van der Waals surface area contributed by atoms with Gasteiger partial charge in [-0.25, -0.2) is 0 Å². The fourth-order valence-corrected chi connectivity index (χ4v) is 4.44. The summed E-state index contributed by atoms with van der Waals surface area (Å²) in [5.74, 6) is 1.26. The first-order chi connectivity index (χ1) is 13.1. The van der Waals surface area contributed by atoms with Crippen molar-refractivity contribution in [1.82, 2.24) is 0 Å². The fourth-order valence-electron chi connectivity index (χ4n) is 2.11. The molecule has 0 aromatic heterocycles. The molecule has 1 fully saturated rings. The summed E-state index contributed by atoms with van der Waals surface area (Å²) < 4.78 is 24.1. The Bertz CT molecular complexity index is 766. The number of hydrogen-bond donors (Lipinski definition) is 0. The maximum absolute atomic E-state index is 11.3. The molecule has 5 nitrogen and oxygen atoms in total. The Labute approximate surface area is 169 Å². The first kappa shape index (κ1) is 19.8. The Morgan fingerprint density at radius 1 is 1.04 bits per heavy atom. The van der Waals surface area contributed by atoms with Gasteiger partial charge >= 0.3 is 169 Å². The van der Waals surface area contributed by atoms with E-state index < -0.39 is 26.9 Å². The molecule has 6 heteroatoms. The molecule has 1 aliphatic rings. The van der Waals surface area contributed by atoms with E-state index in [0.717, 1.165) is 18.1 Å². The van der Waals surface area contributed by atoms with E-state index in [1.54, 1.807) is 6.92 Å². The molecule has 1 unspecified atom stereocenters. The van der Waals surface area contributed by atoms with Gasteiger partial charge in [0.05, 0.1) is 0 Å². The first-order valence-corrected chi connectivity index (χ1v) is 11.0. The number of carbonyl (C=O) groups is 1. The molecule has 3 rings (SSSR count). The zero-order chi connectivity index (χ0) is 19.1. The van der Waals surface area contributed by atoms with E-state index in [4.69, 9.17) is 18.9 Å². The van der Waals surface area contributed by atoms with Crippen molar-refractivity contribution in [2.24, 2.45) is 0 Å². The molecule has 1 atom stereocenters. The average Bonchev–Trinajstić information content (AvgIpc) is 3.50. The van der Waals surface area contributed by atoms with Gasteiger partial charge in [-0.15, -0.1) is 0 Å². The van der Waals surface area contributed by atoms with Crippen LogP contribution in [0.2, 0.25) is 0 Å². The monoisotopic (exact) mass is 484 g/mol. The topological polar surface area (TPSA) is 57.3 Å². The maximum atomic E-state index is 11.3. The molecule has 0 N–H and O–H groups in total. The van der Waals surface area contributed by atoms with Crippen molar-refractivity contribution in [3.63, 3.8) is 0 Å². The van der Waals surface area contributed by atoms with Crippen molar-refractivity contribution in [3.8, 4) is 11.5 Å². The molecule has 1 aliphatic heterocycles. The number of carbonyl (C=O) groups excluding carboxylic acids is 1. The first-order valence-electron chi connectivity index (χ1n) is 8.68. The second-order valence-corrected chi connectivity index (χ2v) is 9.35. The molecule has 0 bridgehead atoms. The van der Waals surface area contributed by atoms with Gasteiger partial charge in [0.1, 0.15) is 0 Å². The van der Waals surface area contributed by atoms with E-state index in [0.29, 0.717) is 18.8 Å². The van der Waals surface area contributed by atoms with E-state index in [1.807, 2.05) is 24.3 Å². The van der Waals surface area contributed by atoms with Crippen LogP contribution in [0.5, 0.6) is 11.5 Å². The molecule has 27 heavy (non-hydrogen) atoms. The van der Waals surface area contributed by atoms with Gasteiger partial charge in [0.15, 0.2) is 0 Å². The summed E-state index contributed by atoms with van der Waals surface area (Å²) in [7, 11) is 0. The summed E-state index contributed by atoms with van der Waals surface area (Å²) >= 11 is -0.454. The summed E-state index contributed by atoms with van der Waals surface area (Å²) in [4.78, 5) is 11.3. The standard InChI is InChI=1S/C21H22O5Te/c1-15(2)21(22)24-12-11-23-16-3-7-19(8-4-16)27-20-9-5-17(6-10-20)25-13-18-14-26-18/h3-10,18H,1,11-14H2,2H3. The van der Waals surface area contributed by atoms with Crippen LogP contribution in [0, 0.1) is 0 Å². The van der Waals surface area contributed by atoms with Gasteiger partial charge in [-0.3, -0.25) is 0 Å². The van der Waals surface area contributed by atoms with E-state index in [-0.39, 0.29) is 12.7 Å². The Hall–Kier alpha value is -2.00. The molecule has 0 radical (unpaired) electrons. The molecule has 142 valence electrons. The molecule has 0 amide bonds. The second-order valence-electron chi connectivity index (χ2n) is 6.08. The third-order valence-electron chi connectivity index (χ3n) is 3.66. The normalized spacial score (nSPS) is 15.1. The minimum atomic E-state index is -0.454. The van der Waals surface area contributed by atoms with Gasteiger partial charge in [0.2, 0.25) is 0 Å². The number of hydrogen-bond acceptors (Lipinski definition) is 5. The summed E-state index contributed by atoms with van der Waals surface area (Å²) in [5, 5.41) is 0. The van der Waals surface area contributed by atoms with Crippen LogP contribution in [0.1, 0.15) is 6.92 Å². The van der Waals surface area contributed by atoms with Gasteiger partial charge in [0.25, 0.3) is 0 Å². The van der Waals surface area contributed by atoms with Gasteiger partial charge < -0.3 is 0 Å². The molecular weight excluding hydrogens is 460 g/mol. The molecule has 2 aromatic carbocycles. The van der Waals surface area contributed by atoms with Crippen molar-refractivity contribution < 1.29 is 23.7 Å². The molecule has 0 saturated carbocycles. The van der Waals surface area contributed by atoms with Crippen molar-refractivity contribution in [2.45, 2.75) is 13.0 Å². The van der Waals surface area contributed by atoms with Crippen LogP contribution < -0.4 is 16.7 Å². The Morgan fingerprint density at radius 2 is 1.59 bits per heavy atom. The number of benzene rings is 2. The van der Waals surface area contributed by atoms with Crippen LogP contribution in [0.25, 0.3) is 0 Å². The van der Waals surface area contributed by atoms with Gasteiger partial charge in [-0.05, 0) is 0 Å². The Morgan fingerprint density at radius 3 is 2.11 bits per heavy atom. The van der Waals surface area contributed by atoms with E-state index in [2.05, 4.69) is 30.8 Å². The molecule has 0 aliphatic carbocycles. The van der Waals surface area contributed by atoms with Crippen LogP contribution in [-0.2, 0) is 14.3 Å². The zero-order valence-corrected chi connectivity index (χ0v) is 17.5. The Kier molecular flexibility index (Phi) is 7.17. The van der Waals surface area contributed by atoms with Crippen LogP contribution in [0.4, 0.5) is 0 Å². The Balaban J connectivity index is 1.41. The SMILES string of the molecule is C=C(C)C(=O)OCCOc1ccc([Te]c2ccc(OCC3CO3)cc2)cc1. The quantitative estimate of drug-likeness (QED) is 0.170. The van der Waals surface area contributed by atoms with Crippen LogP contribution in [0.3, 0.4) is 0 Å². The summed E-state index contributed by atoms with van der Waals surface area (Å²) in [6.07, 6.45) is 0.275. The van der Waals surface area contributed by atoms with Crippen molar-refractivity contribution in [1.29, 1.82) is 0 Å². The molecule has 2 aromatic rings. The predicted octanol–water partition coefficient (Wildman–Crippen LogP) is 1.62. The minimum absolute atomic E-state index is 0.211. The number of esters is 1. The van der Waals surface area contributed by atoms with Crippen LogP contribution in [0.15, 0.2) is 60.7 Å². The number of ether oxygens (including phenoxy) is 4.